The van der Waals surface area contributed by atoms with Crippen molar-refractivity contribution >= 4 is 11.8 Å². The first-order chi connectivity index (χ1) is 12.0. The standard InChI is InChI=1S/C18H21FN4O2/c1-22-10-2-3-15(22)16(24)23-11-6-18(19,7-12-23)17(25)21-13-14-4-8-20-9-5-14/h2-5,8-10H,6-7,11-13H2,1H3,(H,21,25). The third-order valence-corrected chi connectivity index (χ3v) is 4.62. The van der Waals surface area contributed by atoms with Crippen LogP contribution in [0.2, 0.25) is 0 Å². The lowest BCUT2D eigenvalue weighted by Crippen LogP contribution is -2.52. The predicted octanol–water partition coefficient (Wildman–Crippen LogP) is 1.68. The van der Waals surface area contributed by atoms with E-state index in [0.717, 1.165) is 5.56 Å². The van der Waals surface area contributed by atoms with Crippen molar-refractivity contribution in [2.45, 2.75) is 25.1 Å². The van der Waals surface area contributed by atoms with E-state index in [2.05, 4.69) is 10.3 Å². The van der Waals surface area contributed by atoms with Crippen LogP contribution in [0.3, 0.4) is 0 Å². The smallest absolute Gasteiger partial charge is 0.270 e. The first kappa shape index (κ1) is 17.1. The number of hydrogen-bond donors (Lipinski definition) is 1. The largest absolute Gasteiger partial charge is 0.349 e. The Labute approximate surface area is 145 Å². The zero-order valence-corrected chi connectivity index (χ0v) is 14.1. The van der Waals surface area contributed by atoms with Gasteiger partial charge in [0.05, 0.1) is 0 Å². The highest BCUT2D eigenvalue weighted by Crippen LogP contribution is 2.28. The van der Waals surface area contributed by atoms with Crippen LogP contribution in [0.25, 0.3) is 0 Å². The number of aryl methyl sites for hydroxylation is 1. The average molecular weight is 344 g/mol. The molecule has 3 rings (SSSR count). The third-order valence-electron chi connectivity index (χ3n) is 4.62. The van der Waals surface area contributed by atoms with Crippen LogP contribution in [-0.4, -0.2) is 45.0 Å². The molecule has 7 heteroatoms. The van der Waals surface area contributed by atoms with Gasteiger partial charge in [0.25, 0.3) is 11.8 Å². The molecule has 0 saturated carbocycles. The summed E-state index contributed by atoms with van der Waals surface area (Å²) < 4.78 is 16.7. The second-order valence-electron chi connectivity index (χ2n) is 6.30. The molecule has 2 aromatic heterocycles. The van der Waals surface area contributed by atoms with Gasteiger partial charge >= 0.3 is 0 Å². The number of carbonyl (C=O) groups is 2. The van der Waals surface area contributed by atoms with E-state index in [9.17, 15) is 14.0 Å². The molecule has 0 aromatic carbocycles. The fraction of sp³-hybridized carbons (Fsp3) is 0.389. The van der Waals surface area contributed by atoms with Crippen molar-refractivity contribution < 1.29 is 14.0 Å². The summed E-state index contributed by atoms with van der Waals surface area (Å²) in [7, 11) is 1.79. The molecule has 1 aliphatic rings. The minimum Gasteiger partial charge on any atom is -0.349 e. The summed E-state index contributed by atoms with van der Waals surface area (Å²) in [6.45, 7) is 0.714. The SMILES string of the molecule is Cn1cccc1C(=O)N1CCC(F)(C(=O)NCc2ccncc2)CC1. The van der Waals surface area contributed by atoms with Crippen molar-refractivity contribution in [2.24, 2.45) is 7.05 Å². The zero-order chi connectivity index (χ0) is 17.9. The molecule has 0 bridgehead atoms. The number of rotatable bonds is 4. The van der Waals surface area contributed by atoms with Crippen LogP contribution in [0.1, 0.15) is 28.9 Å². The number of nitrogens with one attached hydrogen (secondary N) is 1. The normalized spacial score (nSPS) is 16.5. The number of amides is 2. The molecule has 132 valence electrons. The van der Waals surface area contributed by atoms with Gasteiger partial charge in [-0.05, 0) is 29.8 Å². The quantitative estimate of drug-likeness (QED) is 0.918. The van der Waals surface area contributed by atoms with Crippen molar-refractivity contribution in [2.75, 3.05) is 13.1 Å². The minimum absolute atomic E-state index is 0.00530. The molecular formula is C18H21FN4O2. The molecule has 25 heavy (non-hydrogen) atoms. The molecule has 1 saturated heterocycles. The maximum atomic E-state index is 15.0. The van der Waals surface area contributed by atoms with Crippen LogP contribution in [0, 0.1) is 0 Å². The van der Waals surface area contributed by atoms with Crippen molar-refractivity contribution in [3.05, 3.63) is 54.1 Å². The van der Waals surface area contributed by atoms with Crippen LogP contribution in [-0.2, 0) is 18.4 Å². The van der Waals surface area contributed by atoms with Gasteiger partial charge in [-0.3, -0.25) is 14.6 Å². The van der Waals surface area contributed by atoms with Gasteiger partial charge < -0.3 is 14.8 Å². The first-order valence-electron chi connectivity index (χ1n) is 8.26. The van der Waals surface area contributed by atoms with E-state index in [1.807, 2.05) is 0 Å². The highest BCUT2D eigenvalue weighted by atomic mass is 19.1. The fourth-order valence-electron chi connectivity index (χ4n) is 2.98. The topological polar surface area (TPSA) is 67.2 Å². The minimum atomic E-state index is -1.93. The molecule has 2 aromatic rings. The highest BCUT2D eigenvalue weighted by Gasteiger charge is 2.42. The lowest BCUT2D eigenvalue weighted by atomic mass is 9.92. The van der Waals surface area contributed by atoms with Crippen LogP contribution < -0.4 is 5.32 Å². The van der Waals surface area contributed by atoms with Crippen molar-refractivity contribution in [3.63, 3.8) is 0 Å². The lowest BCUT2D eigenvalue weighted by molar-refractivity contribution is -0.135. The Morgan fingerprint density at radius 3 is 2.52 bits per heavy atom. The second-order valence-corrected chi connectivity index (χ2v) is 6.30. The molecule has 0 radical (unpaired) electrons. The maximum Gasteiger partial charge on any atom is 0.270 e. The second kappa shape index (κ2) is 7.04. The molecule has 2 amide bonds. The Morgan fingerprint density at radius 1 is 1.24 bits per heavy atom. The van der Waals surface area contributed by atoms with Gasteiger partial charge in [-0.1, -0.05) is 0 Å². The van der Waals surface area contributed by atoms with Gasteiger partial charge in [-0.2, -0.15) is 0 Å². The van der Waals surface area contributed by atoms with Crippen molar-refractivity contribution in [1.29, 1.82) is 0 Å². The summed E-state index contributed by atoms with van der Waals surface area (Å²) in [5, 5.41) is 2.64. The number of piperidine rings is 1. The monoisotopic (exact) mass is 344 g/mol. The summed E-state index contributed by atoms with van der Waals surface area (Å²) >= 11 is 0. The molecule has 1 aliphatic heterocycles. The summed E-state index contributed by atoms with van der Waals surface area (Å²) in [5.41, 5.74) is -0.505. The van der Waals surface area contributed by atoms with E-state index < -0.39 is 11.6 Å². The van der Waals surface area contributed by atoms with Crippen molar-refractivity contribution in [3.8, 4) is 0 Å². The number of aromatic nitrogens is 2. The van der Waals surface area contributed by atoms with Crippen molar-refractivity contribution in [1.82, 2.24) is 19.8 Å². The lowest BCUT2D eigenvalue weighted by Gasteiger charge is -2.35. The van der Waals surface area contributed by atoms with Gasteiger partial charge in [0, 0.05) is 58.1 Å². The Bertz CT molecular complexity index is 751. The molecule has 0 unspecified atom stereocenters. The van der Waals surface area contributed by atoms with Gasteiger partial charge in [-0.25, -0.2) is 4.39 Å². The van der Waals surface area contributed by atoms with E-state index in [0.29, 0.717) is 5.69 Å². The highest BCUT2D eigenvalue weighted by molar-refractivity contribution is 5.93. The fourth-order valence-corrected chi connectivity index (χ4v) is 2.98. The average Bonchev–Trinajstić information content (AvgIpc) is 3.06. The molecule has 1 N–H and O–H groups in total. The molecule has 0 atom stereocenters. The number of hydrogen-bond acceptors (Lipinski definition) is 3. The number of pyridine rings is 1. The van der Waals surface area contributed by atoms with E-state index in [1.165, 1.54) is 0 Å². The molecule has 0 spiro atoms. The Morgan fingerprint density at radius 2 is 1.92 bits per heavy atom. The number of halogens is 1. The first-order valence-corrected chi connectivity index (χ1v) is 8.26. The van der Waals surface area contributed by atoms with Crippen LogP contribution in [0.15, 0.2) is 42.9 Å². The Kier molecular flexibility index (Phi) is 4.83. The van der Waals surface area contributed by atoms with E-state index in [4.69, 9.17) is 0 Å². The predicted molar refractivity (Wildman–Crippen MR) is 90.5 cm³/mol. The number of alkyl halides is 1. The van der Waals surface area contributed by atoms with Crippen LogP contribution >= 0.6 is 0 Å². The zero-order valence-electron chi connectivity index (χ0n) is 14.1. The van der Waals surface area contributed by atoms with E-state index >= 15 is 0 Å². The van der Waals surface area contributed by atoms with Gasteiger partial charge in [0.15, 0.2) is 5.67 Å². The summed E-state index contributed by atoms with van der Waals surface area (Å²) in [6, 6.07) is 7.07. The van der Waals surface area contributed by atoms with Gasteiger partial charge in [0.1, 0.15) is 5.69 Å². The molecular weight excluding hydrogens is 323 g/mol. The van der Waals surface area contributed by atoms with E-state index in [-0.39, 0.29) is 38.4 Å². The van der Waals surface area contributed by atoms with Gasteiger partial charge in [-0.15, -0.1) is 0 Å². The number of likely N-dealkylation sites (tertiary alicyclic amines) is 1. The molecule has 0 aliphatic carbocycles. The molecule has 1 fully saturated rings. The Balaban J connectivity index is 1.55. The van der Waals surface area contributed by atoms with Crippen LogP contribution in [0.4, 0.5) is 4.39 Å². The Hall–Kier alpha value is -2.70. The maximum absolute atomic E-state index is 15.0. The van der Waals surface area contributed by atoms with Crippen LogP contribution in [0.5, 0.6) is 0 Å². The summed E-state index contributed by atoms with van der Waals surface area (Å²) in [5.74, 6) is -0.748. The third kappa shape index (κ3) is 3.70. The number of carbonyl (C=O) groups excluding carboxylic acids is 2. The van der Waals surface area contributed by atoms with Gasteiger partial charge in [0.2, 0.25) is 0 Å². The summed E-state index contributed by atoms with van der Waals surface area (Å²) in [4.78, 5) is 30.2. The summed E-state index contributed by atoms with van der Waals surface area (Å²) in [6.07, 6.45) is 5.06. The molecule has 3 heterocycles. The number of nitrogens with zero attached hydrogens (tertiary/aromatic N) is 3. The van der Waals surface area contributed by atoms with E-state index in [1.54, 1.807) is 59.4 Å². The molecule has 6 nitrogen and oxygen atoms in total.